The van der Waals surface area contributed by atoms with Gasteiger partial charge in [-0.1, -0.05) is 0 Å². The molecule has 2 aromatic heterocycles. The van der Waals surface area contributed by atoms with Crippen LogP contribution in [-0.2, 0) is 13.0 Å². The van der Waals surface area contributed by atoms with Crippen LogP contribution in [0.2, 0.25) is 0 Å². The minimum atomic E-state index is -0.195. The first kappa shape index (κ1) is 19.7. The number of likely N-dealkylation sites (tertiary alicyclic amines) is 1. The second kappa shape index (κ2) is 7.27. The van der Waals surface area contributed by atoms with Gasteiger partial charge in [-0.15, -0.1) is 10.2 Å². The van der Waals surface area contributed by atoms with E-state index in [-0.39, 0.29) is 17.8 Å². The summed E-state index contributed by atoms with van der Waals surface area (Å²) in [6.45, 7) is 3.84. The Kier molecular flexibility index (Phi) is 4.47. The van der Waals surface area contributed by atoms with Crippen LogP contribution in [-0.4, -0.2) is 63.1 Å². The van der Waals surface area contributed by atoms with E-state index in [1.807, 2.05) is 25.2 Å². The van der Waals surface area contributed by atoms with E-state index in [1.165, 1.54) is 12.5 Å². The Morgan fingerprint density at radius 1 is 1.25 bits per heavy atom. The Morgan fingerprint density at radius 3 is 2.94 bits per heavy atom. The number of aryl methyl sites for hydroxylation is 1. The zero-order chi connectivity index (χ0) is 21.9. The molecule has 1 spiro atoms. The molecular formula is C24H26FN5O2. The third-order valence-electron chi connectivity index (χ3n) is 7.19. The average Bonchev–Trinajstić information content (AvgIpc) is 3.27. The van der Waals surface area contributed by atoms with Gasteiger partial charge in [0.05, 0.1) is 6.10 Å². The van der Waals surface area contributed by atoms with Crippen molar-refractivity contribution in [2.24, 2.45) is 5.41 Å². The van der Waals surface area contributed by atoms with Crippen molar-refractivity contribution < 1.29 is 13.9 Å². The second-order valence-electron chi connectivity index (χ2n) is 9.69. The number of halogens is 1. The van der Waals surface area contributed by atoms with Crippen LogP contribution >= 0.6 is 0 Å². The molecule has 2 fully saturated rings. The number of carbonyl (C=O) groups excluding carboxylic acids is 1. The highest BCUT2D eigenvalue weighted by Gasteiger charge is 2.53. The summed E-state index contributed by atoms with van der Waals surface area (Å²) in [6.07, 6.45) is 7.03. The number of amides is 1. The SMILES string of the molecule is CN1Cc2cc(OC3CC4(C3)CN(CCCc3cc5nncn5cc3F)C4)ccc2C1=O. The summed E-state index contributed by atoms with van der Waals surface area (Å²) < 4.78 is 22.0. The molecule has 166 valence electrons. The predicted octanol–water partition coefficient (Wildman–Crippen LogP) is 2.93. The maximum Gasteiger partial charge on any atom is 0.254 e. The van der Waals surface area contributed by atoms with Crippen LogP contribution in [0.4, 0.5) is 4.39 Å². The number of aromatic nitrogens is 3. The summed E-state index contributed by atoms with van der Waals surface area (Å²) >= 11 is 0. The van der Waals surface area contributed by atoms with Crippen LogP contribution in [0.3, 0.4) is 0 Å². The lowest BCUT2D eigenvalue weighted by Gasteiger charge is -2.58. The summed E-state index contributed by atoms with van der Waals surface area (Å²) in [5.74, 6) is 0.763. The van der Waals surface area contributed by atoms with Gasteiger partial charge in [0.1, 0.15) is 17.9 Å². The maximum atomic E-state index is 14.2. The molecular weight excluding hydrogens is 409 g/mol. The van der Waals surface area contributed by atoms with Crippen LogP contribution in [0.25, 0.3) is 5.65 Å². The van der Waals surface area contributed by atoms with Crippen molar-refractivity contribution in [1.29, 1.82) is 0 Å². The Bertz CT molecular complexity index is 1190. The monoisotopic (exact) mass is 435 g/mol. The third kappa shape index (κ3) is 3.33. The van der Waals surface area contributed by atoms with Gasteiger partial charge in [0.2, 0.25) is 0 Å². The molecule has 32 heavy (non-hydrogen) atoms. The highest BCUT2D eigenvalue weighted by molar-refractivity contribution is 5.98. The number of carbonyl (C=O) groups is 1. The molecule has 1 aromatic carbocycles. The molecule has 7 nitrogen and oxygen atoms in total. The first-order valence-electron chi connectivity index (χ1n) is 11.2. The van der Waals surface area contributed by atoms with Gasteiger partial charge >= 0.3 is 0 Å². The largest absolute Gasteiger partial charge is 0.490 e. The Hall–Kier alpha value is -3.00. The first-order valence-corrected chi connectivity index (χ1v) is 11.2. The second-order valence-corrected chi connectivity index (χ2v) is 9.69. The molecule has 0 radical (unpaired) electrons. The maximum absolute atomic E-state index is 14.2. The molecule has 0 N–H and O–H groups in total. The fraction of sp³-hybridized carbons (Fsp3) is 0.458. The number of nitrogens with zero attached hydrogens (tertiary/aromatic N) is 5. The van der Waals surface area contributed by atoms with E-state index in [9.17, 15) is 9.18 Å². The van der Waals surface area contributed by atoms with E-state index in [0.29, 0.717) is 29.6 Å². The quantitative estimate of drug-likeness (QED) is 0.596. The van der Waals surface area contributed by atoms with Gasteiger partial charge in [-0.05, 0) is 67.6 Å². The standard InChI is InChI=1S/C24H26FN5O2/c1-28-11-17-7-18(4-5-20(17)23(28)31)32-19-9-24(10-19)13-29(14-24)6-2-3-16-8-22-27-26-15-30(22)12-21(16)25/h4-5,7-8,12,15,19H,2-3,6,9-11,13-14H2,1H3. The summed E-state index contributed by atoms with van der Waals surface area (Å²) in [5, 5.41) is 7.81. The van der Waals surface area contributed by atoms with Crippen LogP contribution in [0.5, 0.6) is 5.75 Å². The van der Waals surface area contributed by atoms with Crippen LogP contribution in [0.1, 0.15) is 40.7 Å². The van der Waals surface area contributed by atoms with E-state index >= 15 is 0 Å². The molecule has 0 atom stereocenters. The lowest BCUT2D eigenvalue weighted by molar-refractivity contribution is -0.119. The number of pyridine rings is 1. The van der Waals surface area contributed by atoms with Crippen molar-refractivity contribution in [2.45, 2.75) is 38.3 Å². The third-order valence-corrected chi connectivity index (χ3v) is 7.19. The molecule has 1 saturated carbocycles. The van der Waals surface area contributed by atoms with E-state index in [0.717, 1.165) is 55.8 Å². The molecule has 1 amide bonds. The molecule has 1 saturated heterocycles. The van der Waals surface area contributed by atoms with Crippen molar-refractivity contribution in [2.75, 3.05) is 26.7 Å². The van der Waals surface area contributed by atoms with Gasteiger partial charge in [-0.25, -0.2) is 4.39 Å². The minimum absolute atomic E-state index is 0.0884. The fourth-order valence-corrected chi connectivity index (χ4v) is 5.59. The van der Waals surface area contributed by atoms with Gasteiger partial charge in [-0.2, -0.15) is 0 Å². The molecule has 1 aliphatic carbocycles. The van der Waals surface area contributed by atoms with Crippen molar-refractivity contribution in [3.63, 3.8) is 0 Å². The van der Waals surface area contributed by atoms with E-state index in [4.69, 9.17) is 4.74 Å². The molecule has 2 aliphatic heterocycles. The van der Waals surface area contributed by atoms with Crippen molar-refractivity contribution in [3.05, 3.63) is 59.3 Å². The Balaban J connectivity index is 0.955. The highest BCUT2D eigenvalue weighted by Crippen LogP contribution is 2.49. The first-order chi connectivity index (χ1) is 15.5. The number of ether oxygens (including phenoxy) is 1. The van der Waals surface area contributed by atoms with E-state index in [2.05, 4.69) is 15.1 Å². The average molecular weight is 436 g/mol. The van der Waals surface area contributed by atoms with Crippen LogP contribution < -0.4 is 4.74 Å². The van der Waals surface area contributed by atoms with Crippen molar-refractivity contribution >= 4 is 11.6 Å². The molecule has 0 bridgehead atoms. The number of benzene rings is 1. The van der Waals surface area contributed by atoms with Gasteiger partial charge in [0.25, 0.3) is 5.91 Å². The van der Waals surface area contributed by atoms with Gasteiger partial charge < -0.3 is 14.5 Å². The molecule has 4 heterocycles. The Morgan fingerprint density at radius 2 is 2.09 bits per heavy atom. The smallest absolute Gasteiger partial charge is 0.254 e. The zero-order valence-corrected chi connectivity index (χ0v) is 18.1. The van der Waals surface area contributed by atoms with Gasteiger partial charge in [0, 0.05) is 43.9 Å². The summed E-state index contributed by atoms with van der Waals surface area (Å²) in [7, 11) is 1.83. The lowest BCUT2D eigenvalue weighted by atomic mass is 9.61. The zero-order valence-electron chi connectivity index (χ0n) is 18.1. The number of rotatable bonds is 6. The molecule has 0 unspecified atom stereocenters. The molecule has 3 aliphatic rings. The summed E-state index contributed by atoms with van der Waals surface area (Å²) in [5.41, 5.74) is 3.63. The number of hydrogen-bond donors (Lipinski definition) is 0. The van der Waals surface area contributed by atoms with Crippen LogP contribution in [0.15, 0.2) is 36.8 Å². The summed E-state index contributed by atoms with van der Waals surface area (Å²) in [6, 6.07) is 7.62. The van der Waals surface area contributed by atoms with E-state index < -0.39 is 0 Å². The highest BCUT2D eigenvalue weighted by atomic mass is 19.1. The van der Waals surface area contributed by atoms with Crippen molar-refractivity contribution in [1.82, 2.24) is 24.4 Å². The van der Waals surface area contributed by atoms with Crippen molar-refractivity contribution in [3.8, 4) is 5.75 Å². The van der Waals surface area contributed by atoms with Crippen LogP contribution in [0, 0.1) is 11.2 Å². The molecule has 3 aromatic rings. The molecule has 8 heteroatoms. The van der Waals surface area contributed by atoms with E-state index in [1.54, 1.807) is 15.4 Å². The fourth-order valence-electron chi connectivity index (χ4n) is 5.59. The Labute approximate surface area is 185 Å². The normalized spacial score (nSPS) is 19.9. The number of hydrogen-bond acceptors (Lipinski definition) is 5. The topological polar surface area (TPSA) is 63.0 Å². The lowest BCUT2D eigenvalue weighted by Crippen LogP contribution is -2.64. The minimum Gasteiger partial charge on any atom is -0.490 e. The predicted molar refractivity (Wildman–Crippen MR) is 116 cm³/mol. The van der Waals surface area contributed by atoms with Gasteiger partial charge in [0.15, 0.2) is 5.65 Å². The van der Waals surface area contributed by atoms with Gasteiger partial charge in [-0.3, -0.25) is 9.20 Å². The molecule has 6 rings (SSSR count). The summed E-state index contributed by atoms with van der Waals surface area (Å²) in [4.78, 5) is 16.2. The number of fused-ring (bicyclic) bond motifs is 2.